The summed E-state index contributed by atoms with van der Waals surface area (Å²) in [6.45, 7) is 6.78. The average molecular weight is 505 g/mol. The highest BCUT2D eigenvalue weighted by Crippen LogP contribution is 2.57. The zero-order valence-electron chi connectivity index (χ0n) is 20.8. The Morgan fingerprint density at radius 1 is 1.08 bits per heavy atom. The van der Waals surface area contributed by atoms with Crippen molar-refractivity contribution >= 4 is 0 Å². The molecule has 3 fully saturated rings. The van der Waals surface area contributed by atoms with Gasteiger partial charge in [-0.25, -0.2) is 0 Å². The molecule has 0 amide bonds. The van der Waals surface area contributed by atoms with E-state index in [1.165, 1.54) is 18.9 Å². The van der Waals surface area contributed by atoms with Gasteiger partial charge in [-0.1, -0.05) is 0 Å². The molecule has 2 aliphatic heterocycles. The van der Waals surface area contributed by atoms with Crippen LogP contribution in [0.4, 0.5) is 13.2 Å². The number of phenols is 1. The quantitative estimate of drug-likeness (QED) is 0.650. The number of alkyl halides is 3. The molecule has 2 saturated heterocycles. The van der Waals surface area contributed by atoms with E-state index in [1.807, 2.05) is 24.0 Å². The van der Waals surface area contributed by atoms with Crippen LogP contribution in [0.5, 0.6) is 5.75 Å². The van der Waals surface area contributed by atoms with Crippen molar-refractivity contribution in [2.45, 2.75) is 75.2 Å². The van der Waals surface area contributed by atoms with Crippen LogP contribution in [-0.2, 0) is 24.6 Å². The van der Waals surface area contributed by atoms with Gasteiger partial charge < -0.3 is 15.1 Å². The first-order chi connectivity index (χ1) is 17.1. The number of piperidine rings is 1. The van der Waals surface area contributed by atoms with E-state index in [9.17, 15) is 23.4 Å². The summed E-state index contributed by atoms with van der Waals surface area (Å²) in [5.41, 5.74) is -0.206. The van der Waals surface area contributed by atoms with Crippen LogP contribution in [0.1, 0.15) is 54.4 Å². The number of phenolic OH excluding ortho intramolecular Hbond substituents is 1. The van der Waals surface area contributed by atoms with Gasteiger partial charge in [-0.2, -0.15) is 18.3 Å². The van der Waals surface area contributed by atoms with Gasteiger partial charge in [0.05, 0.1) is 23.9 Å². The van der Waals surface area contributed by atoms with Gasteiger partial charge in [-0.05, 0) is 93.3 Å². The molecule has 1 aromatic heterocycles. The molecule has 0 spiro atoms. The summed E-state index contributed by atoms with van der Waals surface area (Å²) in [6.07, 6.45) is 3.93. The van der Waals surface area contributed by atoms with Crippen molar-refractivity contribution in [3.05, 3.63) is 46.8 Å². The summed E-state index contributed by atoms with van der Waals surface area (Å²) in [5.74, 6) is -0.0974. The molecular weight excluding hydrogens is 469 g/mol. The van der Waals surface area contributed by atoms with Gasteiger partial charge in [-0.3, -0.25) is 9.58 Å². The van der Waals surface area contributed by atoms with Crippen molar-refractivity contribution in [1.82, 2.24) is 19.6 Å². The van der Waals surface area contributed by atoms with Crippen LogP contribution in [0.3, 0.4) is 0 Å². The minimum absolute atomic E-state index is 0.210. The zero-order chi connectivity index (χ0) is 25.3. The number of aromatic nitrogens is 2. The van der Waals surface area contributed by atoms with E-state index in [-0.39, 0.29) is 6.04 Å². The molecule has 9 heteroatoms. The molecule has 2 N–H and O–H groups in total. The summed E-state index contributed by atoms with van der Waals surface area (Å²) in [6, 6.07) is 2.28. The first kappa shape index (κ1) is 24.2. The summed E-state index contributed by atoms with van der Waals surface area (Å²) >= 11 is 0. The predicted octanol–water partition coefficient (Wildman–Crippen LogP) is 3.72. The Kier molecular flexibility index (Phi) is 5.70. The Hall–Kier alpha value is -2.10. The number of hydrogen-bond donors (Lipinski definition) is 2. The fourth-order valence-corrected chi connectivity index (χ4v) is 7.26. The lowest BCUT2D eigenvalue weighted by atomic mass is 9.52. The van der Waals surface area contributed by atoms with E-state index < -0.39 is 28.5 Å². The van der Waals surface area contributed by atoms with Gasteiger partial charge in [0.1, 0.15) is 5.75 Å². The second kappa shape index (κ2) is 8.46. The van der Waals surface area contributed by atoms with Crippen LogP contribution in [0.2, 0.25) is 0 Å². The fourth-order valence-electron chi connectivity index (χ4n) is 7.26. The minimum Gasteiger partial charge on any atom is -0.507 e. The third-order valence-electron chi connectivity index (χ3n) is 9.36. The van der Waals surface area contributed by atoms with E-state index >= 15 is 0 Å². The molecule has 2 bridgehead atoms. The number of hydrogen-bond acceptors (Lipinski definition) is 5. The molecule has 36 heavy (non-hydrogen) atoms. The molecule has 1 aromatic carbocycles. The first-order valence-corrected chi connectivity index (χ1v) is 13.2. The second-order valence-corrected chi connectivity index (χ2v) is 11.6. The topological polar surface area (TPSA) is 64.8 Å². The van der Waals surface area contributed by atoms with E-state index in [1.54, 1.807) is 0 Å². The smallest absolute Gasteiger partial charge is 0.419 e. The lowest BCUT2D eigenvalue weighted by molar-refractivity contribution is -0.150. The van der Waals surface area contributed by atoms with E-state index in [4.69, 9.17) is 0 Å². The highest BCUT2D eigenvalue weighted by atomic mass is 19.4. The number of halogens is 3. The van der Waals surface area contributed by atoms with Crippen molar-refractivity contribution in [1.29, 1.82) is 0 Å². The van der Waals surface area contributed by atoms with Crippen LogP contribution in [-0.4, -0.2) is 74.2 Å². The van der Waals surface area contributed by atoms with Crippen LogP contribution in [0, 0.1) is 12.8 Å². The Balaban J connectivity index is 1.36. The lowest BCUT2D eigenvalue weighted by Crippen LogP contribution is -2.71. The molecule has 0 radical (unpaired) electrons. The molecule has 6 nitrogen and oxygen atoms in total. The van der Waals surface area contributed by atoms with Crippen molar-refractivity contribution < 1.29 is 23.4 Å². The van der Waals surface area contributed by atoms with Crippen molar-refractivity contribution in [3.8, 4) is 5.75 Å². The number of nitrogens with zero attached hydrogens (tertiary/aromatic N) is 4. The number of aromatic hydroxyl groups is 1. The maximum Gasteiger partial charge on any atom is 0.419 e. The number of aryl methyl sites for hydroxylation is 1. The van der Waals surface area contributed by atoms with Gasteiger partial charge in [0, 0.05) is 37.3 Å². The fraction of sp³-hybridized carbons (Fsp3) is 0.667. The minimum atomic E-state index is -4.61. The van der Waals surface area contributed by atoms with Gasteiger partial charge in [0.25, 0.3) is 0 Å². The molecule has 196 valence electrons. The summed E-state index contributed by atoms with van der Waals surface area (Å²) in [4.78, 5) is 4.72. The number of fused-ring (bicyclic) bond motifs is 1. The second-order valence-electron chi connectivity index (χ2n) is 11.6. The van der Waals surface area contributed by atoms with E-state index in [0.29, 0.717) is 37.2 Å². The molecule has 2 aliphatic carbocycles. The molecule has 1 saturated carbocycles. The number of benzene rings is 1. The van der Waals surface area contributed by atoms with Crippen LogP contribution in [0.15, 0.2) is 24.5 Å². The molecule has 4 aliphatic rings. The molecular formula is C27H35F3N4O2. The predicted molar refractivity (Wildman–Crippen MR) is 129 cm³/mol. The Morgan fingerprint density at radius 2 is 1.83 bits per heavy atom. The SMILES string of the molecule is Cc1cnn(CCN2CCC34CCN(CC5CC5)C(Cc5cc(C(F)(F)F)c(O)cc53)C4(O)CC2)c1. The lowest BCUT2D eigenvalue weighted by Gasteiger charge is -2.61. The van der Waals surface area contributed by atoms with Gasteiger partial charge in [0.2, 0.25) is 0 Å². The van der Waals surface area contributed by atoms with Crippen molar-refractivity contribution in [2.75, 3.05) is 32.7 Å². The summed E-state index contributed by atoms with van der Waals surface area (Å²) in [5, 5.41) is 27.4. The molecule has 3 unspecified atom stereocenters. The largest absolute Gasteiger partial charge is 0.507 e. The monoisotopic (exact) mass is 504 g/mol. The van der Waals surface area contributed by atoms with Crippen LogP contribution < -0.4 is 0 Å². The molecule has 3 heterocycles. The van der Waals surface area contributed by atoms with Crippen LogP contribution >= 0.6 is 0 Å². The maximum absolute atomic E-state index is 13.7. The molecule has 6 rings (SSSR count). The third kappa shape index (κ3) is 3.94. The first-order valence-electron chi connectivity index (χ1n) is 13.2. The maximum atomic E-state index is 13.7. The third-order valence-corrected chi connectivity index (χ3v) is 9.36. The normalized spacial score (nSPS) is 31.1. The highest BCUT2D eigenvalue weighted by molar-refractivity contribution is 5.52. The highest BCUT2D eigenvalue weighted by Gasteiger charge is 2.63. The van der Waals surface area contributed by atoms with Crippen molar-refractivity contribution in [2.24, 2.45) is 5.92 Å². The number of rotatable bonds is 5. The van der Waals surface area contributed by atoms with Gasteiger partial charge >= 0.3 is 6.18 Å². The Labute approximate surface area is 209 Å². The Bertz CT molecular complexity index is 1150. The van der Waals surface area contributed by atoms with Crippen molar-refractivity contribution in [3.63, 3.8) is 0 Å². The van der Waals surface area contributed by atoms with E-state index in [2.05, 4.69) is 14.9 Å². The van der Waals surface area contributed by atoms with E-state index in [0.717, 1.165) is 56.5 Å². The average Bonchev–Trinajstić information content (AvgIpc) is 3.56. The Morgan fingerprint density at radius 3 is 2.53 bits per heavy atom. The number of likely N-dealkylation sites (tertiary alicyclic amines) is 2. The van der Waals surface area contributed by atoms with Gasteiger partial charge in [0.15, 0.2) is 0 Å². The molecule has 3 atom stereocenters. The standard InChI is InChI=1S/C27H35F3N4O2/c1-18-15-31-34(16-18)11-10-32-7-4-25-5-9-33(17-19-2-3-19)24(26(25,36)6-8-32)13-20-12-22(27(28,29)30)23(35)14-21(20)25/h12,14-16,19,24,35-36H,2-11,13,17H2,1H3. The van der Waals surface area contributed by atoms with Crippen LogP contribution in [0.25, 0.3) is 0 Å². The number of aliphatic hydroxyl groups is 1. The summed E-state index contributed by atoms with van der Waals surface area (Å²) < 4.78 is 43.0. The summed E-state index contributed by atoms with van der Waals surface area (Å²) in [7, 11) is 0. The van der Waals surface area contributed by atoms with Gasteiger partial charge in [-0.15, -0.1) is 0 Å². The zero-order valence-corrected chi connectivity index (χ0v) is 20.8. The molecule has 2 aromatic rings.